The number of methoxy groups -OCH3 is 1. The molecule has 4 nitrogen and oxygen atoms in total. The van der Waals surface area contributed by atoms with Crippen LogP contribution in [0.5, 0.6) is 5.75 Å². The second-order valence-corrected chi connectivity index (χ2v) is 6.82. The van der Waals surface area contributed by atoms with Gasteiger partial charge in [-0.3, -0.25) is 4.79 Å². The van der Waals surface area contributed by atoms with Crippen molar-refractivity contribution in [3.05, 3.63) is 27.7 Å². The minimum absolute atomic E-state index is 0.212. The standard InChI is InChI=1S/C15H23BrN2O2/c1-9-5-13(20-4)10(6-11(9)16)12(17)7-15(2,3)8-14(18)19/h5-6,12H,7-8,17H2,1-4H3,(H2,18,19). The van der Waals surface area contributed by atoms with Gasteiger partial charge < -0.3 is 16.2 Å². The van der Waals surface area contributed by atoms with E-state index >= 15 is 0 Å². The highest BCUT2D eigenvalue weighted by molar-refractivity contribution is 9.10. The minimum atomic E-state index is -0.306. The molecule has 0 saturated heterocycles. The number of carbonyl (C=O) groups excluding carboxylic acids is 1. The van der Waals surface area contributed by atoms with Gasteiger partial charge in [-0.25, -0.2) is 0 Å². The van der Waals surface area contributed by atoms with Crippen molar-refractivity contribution in [2.45, 2.75) is 39.7 Å². The zero-order valence-corrected chi connectivity index (χ0v) is 14.1. The lowest BCUT2D eigenvalue weighted by Crippen LogP contribution is -2.27. The third kappa shape index (κ3) is 4.49. The number of primary amides is 1. The third-order valence-corrected chi connectivity index (χ3v) is 4.19. The first-order valence-electron chi connectivity index (χ1n) is 6.54. The van der Waals surface area contributed by atoms with Crippen LogP contribution in [0.1, 0.15) is 43.9 Å². The summed E-state index contributed by atoms with van der Waals surface area (Å²) < 4.78 is 6.40. The molecule has 1 unspecified atom stereocenters. The molecule has 4 N–H and O–H groups in total. The van der Waals surface area contributed by atoms with Crippen LogP contribution in [-0.4, -0.2) is 13.0 Å². The van der Waals surface area contributed by atoms with Crippen molar-refractivity contribution in [2.75, 3.05) is 7.11 Å². The Kier molecular flexibility index (Phi) is 5.59. The van der Waals surface area contributed by atoms with E-state index in [1.54, 1.807) is 7.11 Å². The maximum Gasteiger partial charge on any atom is 0.217 e. The van der Waals surface area contributed by atoms with Crippen LogP contribution >= 0.6 is 15.9 Å². The Morgan fingerprint density at radius 1 is 1.45 bits per heavy atom. The van der Waals surface area contributed by atoms with E-state index < -0.39 is 0 Å². The lowest BCUT2D eigenvalue weighted by atomic mass is 9.80. The summed E-state index contributed by atoms with van der Waals surface area (Å²) in [7, 11) is 1.63. The van der Waals surface area contributed by atoms with Crippen molar-refractivity contribution >= 4 is 21.8 Å². The minimum Gasteiger partial charge on any atom is -0.496 e. The zero-order chi connectivity index (χ0) is 15.5. The quantitative estimate of drug-likeness (QED) is 0.833. The van der Waals surface area contributed by atoms with Gasteiger partial charge in [0.2, 0.25) is 5.91 Å². The molecule has 1 rings (SSSR count). The van der Waals surface area contributed by atoms with Gasteiger partial charge in [-0.2, -0.15) is 0 Å². The normalized spacial score (nSPS) is 13.1. The molecular weight excluding hydrogens is 320 g/mol. The first-order valence-corrected chi connectivity index (χ1v) is 7.33. The SMILES string of the molecule is COc1cc(C)c(Br)cc1C(N)CC(C)(C)CC(N)=O. The number of rotatable bonds is 6. The summed E-state index contributed by atoms with van der Waals surface area (Å²) in [6.45, 7) is 5.99. The van der Waals surface area contributed by atoms with Crippen LogP contribution in [0.2, 0.25) is 0 Å². The molecule has 0 aliphatic heterocycles. The van der Waals surface area contributed by atoms with Crippen molar-refractivity contribution < 1.29 is 9.53 Å². The van der Waals surface area contributed by atoms with Crippen LogP contribution in [0.4, 0.5) is 0 Å². The molecule has 0 aliphatic carbocycles. The summed E-state index contributed by atoms with van der Waals surface area (Å²) >= 11 is 3.51. The number of carbonyl (C=O) groups is 1. The summed E-state index contributed by atoms with van der Waals surface area (Å²) in [5.41, 5.74) is 13.4. The van der Waals surface area contributed by atoms with Crippen molar-refractivity contribution in [1.82, 2.24) is 0 Å². The van der Waals surface area contributed by atoms with Crippen molar-refractivity contribution in [3.8, 4) is 5.75 Å². The van der Waals surface area contributed by atoms with E-state index in [1.807, 2.05) is 32.9 Å². The smallest absolute Gasteiger partial charge is 0.217 e. The van der Waals surface area contributed by atoms with Gasteiger partial charge in [0.1, 0.15) is 5.75 Å². The van der Waals surface area contributed by atoms with Crippen molar-refractivity contribution in [3.63, 3.8) is 0 Å². The van der Waals surface area contributed by atoms with Crippen LogP contribution in [-0.2, 0) is 4.79 Å². The van der Waals surface area contributed by atoms with E-state index in [0.717, 1.165) is 21.3 Å². The second kappa shape index (κ2) is 6.59. The van der Waals surface area contributed by atoms with E-state index in [4.69, 9.17) is 16.2 Å². The van der Waals surface area contributed by atoms with Crippen molar-refractivity contribution in [2.24, 2.45) is 16.9 Å². The molecule has 0 heterocycles. The van der Waals surface area contributed by atoms with E-state index in [9.17, 15) is 4.79 Å². The Morgan fingerprint density at radius 3 is 2.55 bits per heavy atom. The zero-order valence-electron chi connectivity index (χ0n) is 12.5. The average molecular weight is 343 g/mol. The molecular formula is C15H23BrN2O2. The van der Waals surface area contributed by atoms with Crippen LogP contribution < -0.4 is 16.2 Å². The summed E-state index contributed by atoms with van der Waals surface area (Å²) in [6.07, 6.45) is 0.970. The van der Waals surface area contributed by atoms with Gasteiger partial charge in [0.05, 0.1) is 7.11 Å². The Hall–Kier alpha value is -1.07. The maximum absolute atomic E-state index is 11.1. The number of nitrogens with two attached hydrogens (primary N) is 2. The summed E-state index contributed by atoms with van der Waals surface area (Å²) in [6, 6.07) is 3.73. The molecule has 0 fully saturated rings. The molecule has 20 heavy (non-hydrogen) atoms. The van der Waals surface area contributed by atoms with Gasteiger partial charge in [0.25, 0.3) is 0 Å². The molecule has 0 aromatic heterocycles. The Morgan fingerprint density at radius 2 is 2.05 bits per heavy atom. The number of aryl methyl sites for hydroxylation is 1. The number of ether oxygens (including phenoxy) is 1. The molecule has 1 aromatic rings. The Bertz CT molecular complexity index is 501. The molecule has 112 valence electrons. The van der Waals surface area contributed by atoms with Gasteiger partial charge in [-0.05, 0) is 36.5 Å². The highest BCUT2D eigenvalue weighted by Crippen LogP contribution is 2.37. The monoisotopic (exact) mass is 342 g/mol. The molecule has 0 bridgehead atoms. The second-order valence-electron chi connectivity index (χ2n) is 5.96. The van der Waals surface area contributed by atoms with Gasteiger partial charge in [-0.15, -0.1) is 0 Å². The van der Waals surface area contributed by atoms with Gasteiger partial charge >= 0.3 is 0 Å². The van der Waals surface area contributed by atoms with Crippen LogP contribution in [0.25, 0.3) is 0 Å². The molecule has 1 amide bonds. The largest absolute Gasteiger partial charge is 0.496 e. The van der Waals surface area contributed by atoms with Crippen molar-refractivity contribution in [1.29, 1.82) is 0 Å². The highest BCUT2D eigenvalue weighted by atomic mass is 79.9. The van der Waals surface area contributed by atoms with E-state index in [-0.39, 0.29) is 17.4 Å². The molecule has 0 radical (unpaired) electrons. The summed E-state index contributed by atoms with van der Waals surface area (Å²) in [5.74, 6) is 0.465. The number of hydrogen-bond acceptors (Lipinski definition) is 3. The molecule has 1 aromatic carbocycles. The fourth-order valence-electron chi connectivity index (χ4n) is 2.39. The number of halogens is 1. The fourth-order valence-corrected chi connectivity index (χ4v) is 2.75. The molecule has 5 heteroatoms. The molecule has 0 spiro atoms. The fraction of sp³-hybridized carbons (Fsp3) is 0.533. The third-order valence-electron chi connectivity index (χ3n) is 3.34. The van der Waals surface area contributed by atoms with Crippen LogP contribution in [0.3, 0.4) is 0 Å². The molecule has 0 saturated carbocycles. The maximum atomic E-state index is 11.1. The van der Waals surface area contributed by atoms with Gasteiger partial charge in [0.15, 0.2) is 0 Å². The van der Waals surface area contributed by atoms with Gasteiger partial charge in [-0.1, -0.05) is 29.8 Å². The predicted molar refractivity (Wildman–Crippen MR) is 84.6 cm³/mol. The lowest BCUT2D eigenvalue weighted by Gasteiger charge is -2.28. The first kappa shape index (κ1) is 17.0. The summed E-state index contributed by atoms with van der Waals surface area (Å²) in [4.78, 5) is 11.1. The van der Waals surface area contributed by atoms with E-state index in [0.29, 0.717) is 12.8 Å². The Labute approximate surface area is 129 Å². The van der Waals surface area contributed by atoms with E-state index in [1.165, 1.54) is 0 Å². The summed E-state index contributed by atoms with van der Waals surface area (Å²) in [5, 5.41) is 0. The van der Waals surface area contributed by atoms with Crippen LogP contribution in [0, 0.1) is 12.3 Å². The first-order chi connectivity index (χ1) is 9.16. The predicted octanol–water partition coefficient (Wildman–Crippen LogP) is 3.06. The lowest BCUT2D eigenvalue weighted by molar-refractivity contribution is -0.120. The topological polar surface area (TPSA) is 78.3 Å². The highest BCUT2D eigenvalue weighted by Gasteiger charge is 2.26. The number of hydrogen-bond donors (Lipinski definition) is 2. The molecule has 1 atom stereocenters. The Balaban J connectivity index is 3.00. The average Bonchev–Trinajstić information content (AvgIpc) is 2.29. The van der Waals surface area contributed by atoms with E-state index in [2.05, 4.69) is 15.9 Å². The number of amides is 1. The van der Waals surface area contributed by atoms with Crippen LogP contribution in [0.15, 0.2) is 16.6 Å². The number of benzene rings is 1. The molecule has 0 aliphatic rings. The van der Waals surface area contributed by atoms with Gasteiger partial charge in [0, 0.05) is 22.5 Å².